The molecule has 2 bridgehead atoms. The molecule has 1 amide bonds. The number of fused-ring (bicyclic) bond motifs is 4. The molecular weight excluding hydrogens is 554 g/mol. The van der Waals surface area contributed by atoms with E-state index in [2.05, 4.69) is 33.1 Å². The number of carbonyl (C=O) groups is 1. The minimum Gasteiger partial charge on any atom is -0.494 e. The van der Waals surface area contributed by atoms with Crippen molar-refractivity contribution in [2.24, 2.45) is 24.6 Å². The maximum atomic E-state index is 13.7. The SMILES string of the molecule is COc1cc(C(=O)N2CC3CCC2C3N)cc2nc(-c3cc4ccc(Nc5ccnc(C#N)c5)nc4n3CC3CC3)n(C)c12. The maximum Gasteiger partial charge on any atom is 0.254 e. The third kappa shape index (κ3) is 4.28. The number of methoxy groups -OCH3 is 1. The van der Waals surface area contributed by atoms with Gasteiger partial charge in [0.15, 0.2) is 5.82 Å². The van der Waals surface area contributed by atoms with Gasteiger partial charge in [-0.05, 0) is 80.0 Å². The number of nitrogens with two attached hydrogens (primary N) is 1. The Morgan fingerprint density at radius 1 is 1.14 bits per heavy atom. The molecule has 8 rings (SSSR count). The van der Waals surface area contributed by atoms with Gasteiger partial charge in [-0.2, -0.15) is 5.26 Å². The van der Waals surface area contributed by atoms with Gasteiger partial charge in [-0.15, -0.1) is 0 Å². The Morgan fingerprint density at radius 3 is 2.73 bits per heavy atom. The molecule has 3 N–H and O–H groups in total. The summed E-state index contributed by atoms with van der Waals surface area (Å²) in [6, 6.07) is 15.6. The van der Waals surface area contributed by atoms with Crippen molar-refractivity contribution >= 4 is 39.5 Å². The van der Waals surface area contributed by atoms with E-state index in [0.717, 1.165) is 53.1 Å². The number of aryl methyl sites for hydroxylation is 1. The molecule has 1 aliphatic heterocycles. The zero-order valence-corrected chi connectivity index (χ0v) is 24.7. The van der Waals surface area contributed by atoms with Gasteiger partial charge >= 0.3 is 0 Å². The van der Waals surface area contributed by atoms with E-state index in [0.29, 0.717) is 46.7 Å². The number of benzene rings is 1. The fourth-order valence-electron chi connectivity index (χ4n) is 7.11. The molecule has 5 aromatic rings. The van der Waals surface area contributed by atoms with Crippen molar-refractivity contribution in [3.63, 3.8) is 0 Å². The van der Waals surface area contributed by atoms with Gasteiger partial charge in [0.25, 0.3) is 5.91 Å². The minimum atomic E-state index is -0.0109. The van der Waals surface area contributed by atoms with Crippen LogP contribution in [0.25, 0.3) is 33.6 Å². The van der Waals surface area contributed by atoms with E-state index in [1.807, 2.05) is 40.8 Å². The highest BCUT2D eigenvalue weighted by Gasteiger charge is 2.47. The highest BCUT2D eigenvalue weighted by atomic mass is 16.5. The summed E-state index contributed by atoms with van der Waals surface area (Å²) in [5.41, 5.74) is 11.4. The standard InChI is InChI=1S/C33H33N9O2/c1-40-30-24(11-21(13-27(30)44-2)33(43)42-17-20-5-7-25(42)29(20)35)38-32(40)26-12-19-6-8-28(37-22-9-10-36-23(14-22)15-34)39-31(19)41(26)16-18-3-4-18/h6,8-14,18,20,25,29H,3-5,7,16-17,35H2,1-2H3,(H,36,37,39). The van der Waals surface area contributed by atoms with Gasteiger partial charge in [0.2, 0.25) is 0 Å². The predicted molar refractivity (Wildman–Crippen MR) is 166 cm³/mol. The fraction of sp³-hybridized carbons (Fsp3) is 0.364. The van der Waals surface area contributed by atoms with Crippen molar-refractivity contribution in [2.75, 3.05) is 19.0 Å². The van der Waals surface area contributed by atoms with Crippen LogP contribution in [0.5, 0.6) is 5.75 Å². The first-order valence-corrected chi connectivity index (χ1v) is 15.2. The number of carbonyl (C=O) groups excluding carboxylic acids is 1. The number of nitrogens with zero attached hydrogens (tertiary/aromatic N) is 7. The van der Waals surface area contributed by atoms with Gasteiger partial charge in [-0.3, -0.25) is 4.79 Å². The van der Waals surface area contributed by atoms with Gasteiger partial charge in [0, 0.05) is 55.1 Å². The highest BCUT2D eigenvalue weighted by molar-refractivity contribution is 6.00. The second-order valence-corrected chi connectivity index (χ2v) is 12.3. The van der Waals surface area contributed by atoms with Crippen LogP contribution < -0.4 is 15.8 Å². The Hall–Kier alpha value is -4.95. The summed E-state index contributed by atoms with van der Waals surface area (Å²) in [7, 11) is 3.62. The summed E-state index contributed by atoms with van der Waals surface area (Å²) >= 11 is 0. The van der Waals surface area contributed by atoms with Crippen molar-refractivity contribution in [3.05, 3.63) is 59.9 Å². The number of nitrogens with one attached hydrogen (secondary N) is 1. The second-order valence-electron chi connectivity index (χ2n) is 12.3. The van der Waals surface area contributed by atoms with E-state index in [9.17, 15) is 10.1 Å². The van der Waals surface area contributed by atoms with Crippen LogP contribution in [0.2, 0.25) is 0 Å². The van der Waals surface area contributed by atoms with Crippen LogP contribution in [0.4, 0.5) is 11.5 Å². The summed E-state index contributed by atoms with van der Waals surface area (Å²) in [4.78, 5) is 29.8. The number of ether oxygens (including phenoxy) is 1. The van der Waals surface area contributed by atoms with E-state index >= 15 is 0 Å². The van der Waals surface area contributed by atoms with Gasteiger partial charge in [0.05, 0.1) is 18.3 Å². The lowest BCUT2D eigenvalue weighted by Gasteiger charge is -2.27. The van der Waals surface area contributed by atoms with Crippen LogP contribution in [0.1, 0.15) is 41.7 Å². The summed E-state index contributed by atoms with van der Waals surface area (Å²) < 4.78 is 10.1. The number of anilines is 2. The van der Waals surface area contributed by atoms with Crippen molar-refractivity contribution < 1.29 is 9.53 Å². The predicted octanol–water partition coefficient (Wildman–Crippen LogP) is 4.58. The number of likely N-dealkylation sites (tertiary alicyclic amines) is 1. The second kappa shape index (κ2) is 10.1. The molecule has 3 unspecified atom stereocenters. The largest absolute Gasteiger partial charge is 0.494 e. The molecule has 3 atom stereocenters. The molecule has 0 spiro atoms. The Kier molecular flexibility index (Phi) is 6.10. The van der Waals surface area contributed by atoms with E-state index in [-0.39, 0.29) is 18.0 Å². The molecular formula is C33H33N9O2. The first-order valence-electron chi connectivity index (χ1n) is 15.2. The molecule has 1 saturated heterocycles. The number of pyridine rings is 2. The first kappa shape index (κ1) is 26.7. The number of amides is 1. The molecule has 11 heteroatoms. The number of hydrogen-bond acceptors (Lipinski definition) is 8. The van der Waals surface area contributed by atoms with Crippen molar-refractivity contribution in [2.45, 2.75) is 44.3 Å². The van der Waals surface area contributed by atoms with Gasteiger partial charge < -0.3 is 29.8 Å². The van der Waals surface area contributed by atoms with Crippen molar-refractivity contribution in [3.8, 4) is 23.3 Å². The van der Waals surface area contributed by atoms with Gasteiger partial charge in [-0.25, -0.2) is 15.0 Å². The molecule has 2 aliphatic carbocycles. The summed E-state index contributed by atoms with van der Waals surface area (Å²) in [6.45, 7) is 1.55. The Labute approximate surface area is 254 Å². The fourth-order valence-corrected chi connectivity index (χ4v) is 7.11. The van der Waals surface area contributed by atoms with Gasteiger partial charge in [-0.1, -0.05) is 0 Å². The molecule has 222 valence electrons. The Balaban J connectivity index is 1.20. The monoisotopic (exact) mass is 587 g/mol. The summed E-state index contributed by atoms with van der Waals surface area (Å²) in [5, 5.41) is 13.6. The molecule has 1 aromatic carbocycles. The Bertz CT molecular complexity index is 2000. The van der Waals surface area contributed by atoms with Crippen LogP contribution in [0.15, 0.2) is 48.7 Å². The summed E-state index contributed by atoms with van der Waals surface area (Å²) in [5.74, 6) is 3.04. The smallest absolute Gasteiger partial charge is 0.254 e. The lowest BCUT2D eigenvalue weighted by molar-refractivity contribution is 0.0700. The van der Waals surface area contributed by atoms with Crippen molar-refractivity contribution in [1.82, 2.24) is 29.0 Å². The molecule has 11 nitrogen and oxygen atoms in total. The third-order valence-corrected chi connectivity index (χ3v) is 9.57. The number of piperidine rings is 1. The third-order valence-electron chi connectivity index (χ3n) is 9.57. The number of rotatable bonds is 7. The normalized spacial score (nSPS) is 20.9. The van der Waals surface area contributed by atoms with Crippen LogP contribution in [0.3, 0.4) is 0 Å². The number of hydrogen-bond donors (Lipinski definition) is 2. The molecule has 0 radical (unpaired) electrons. The minimum absolute atomic E-state index is 0.0109. The van der Waals surface area contributed by atoms with Crippen LogP contribution in [0, 0.1) is 23.2 Å². The lowest BCUT2D eigenvalue weighted by atomic mass is 10.1. The molecule has 3 aliphatic rings. The van der Waals surface area contributed by atoms with Gasteiger partial charge in [0.1, 0.15) is 34.5 Å². The van der Waals surface area contributed by atoms with Crippen LogP contribution in [-0.4, -0.2) is 60.6 Å². The maximum absolute atomic E-state index is 13.7. The number of imidazole rings is 1. The quantitative estimate of drug-likeness (QED) is 0.282. The Morgan fingerprint density at radius 2 is 2.00 bits per heavy atom. The van der Waals surface area contributed by atoms with Crippen LogP contribution >= 0.6 is 0 Å². The van der Waals surface area contributed by atoms with E-state index in [4.69, 9.17) is 20.4 Å². The van der Waals surface area contributed by atoms with E-state index < -0.39 is 0 Å². The number of nitriles is 1. The topological polar surface area (TPSA) is 140 Å². The molecule has 2 saturated carbocycles. The number of aromatic nitrogens is 5. The molecule has 3 fully saturated rings. The lowest BCUT2D eigenvalue weighted by Crippen LogP contribution is -2.41. The molecule has 5 heterocycles. The van der Waals surface area contributed by atoms with Crippen LogP contribution in [-0.2, 0) is 13.6 Å². The summed E-state index contributed by atoms with van der Waals surface area (Å²) in [6.07, 6.45) is 6.04. The average Bonchev–Trinajstić information content (AvgIpc) is 3.45. The zero-order chi connectivity index (χ0) is 30.1. The van der Waals surface area contributed by atoms with E-state index in [1.165, 1.54) is 12.8 Å². The van der Waals surface area contributed by atoms with Crippen molar-refractivity contribution in [1.29, 1.82) is 5.26 Å². The van der Waals surface area contributed by atoms with E-state index in [1.54, 1.807) is 19.4 Å². The highest BCUT2D eigenvalue weighted by Crippen LogP contribution is 2.40. The first-order chi connectivity index (χ1) is 21.4. The zero-order valence-electron chi connectivity index (χ0n) is 24.7. The average molecular weight is 588 g/mol. The molecule has 44 heavy (non-hydrogen) atoms. The molecule has 4 aromatic heterocycles.